The molecule has 0 aliphatic carbocycles. The van der Waals surface area contributed by atoms with E-state index in [9.17, 15) is 15.3 Å². The van der Waals surface area contributed by atoms with E-state index < -0.39 is 0 Å². The Hall–Kier alpha value is -1.72. The smallest absolute Gasteiger partial charge is 0.157 e. The number of aryl methyl sites for hydroxylation is 1. The fraction of sp³-hybridized carbons (Fsp3) is 0.333. The third kappa shape index (κ3) is 6.50. The maximum atomic E-state index is 9.45. The van der Waals surface area contributed by atoms with Gasteiger partial charge in [-0.3, -0.25) is 0 Å². The zero-order chi connectivity index (χ0) is 15.9. The maximum absolute atomic E-state index is 9.45. The normalized spacial score (nSPS) is 11.7. The molecule has 0 heterocycles. The van der Waals surface area contributed by atoms with Gasteiger partial charge in [-0.1, -0.05) is 18.2 Å². The van der Waals surface area contributed by atoms with Crippen molar-refractivity contribution in [1.82, 2.24) is 5.32 Å². The van der Waals surface area contributed by atoms with Gasteiger partial charge in [-0.2, -0.15) is 0 Å². The molecule has 4 N–H and O–H groups in total. The molecule has 0 amide bonds. The van der Waals surface area contributed by atoms with Crippen molar-refractivity contribution >= 4 is 17.0 Å². The van der Waals surface area contributed by atoms with Crippen molar-refractivity contribution in [2.75, 3.05) is 6.54 Å². The molecule has 2 rings (SSSR count). The first-order valence-corrected chi connectivity index (χ1v) is 7.57. The van der Waals surface area contributed by atoms with Gasteiger partial charge in [-0.15, -0.1) is 17.0 Å². The Morgan fingerprint density at radius 1 is 0.870 bits per heavy atom. The van der Waals surface area contributed by atoms with E-state index in [0.29, 0.717) is 11.8 Å². The Morgan fingerprint density at radius 3 is 2.17 bits per heavy atom. The number of rotatable bonds is 7. The van der Waals surface area contributed by atoms with Crippen molar-refractivity contribution < 1.29 is 15.3 Å². The fourth-order valence-corrected chi connectivity index (χ4v) is 2.34. The summed E-state index contributed by atoms with van der Waals surface area (Å²) < 4.78 is 0. The number of phenolic OH excluding ortho intramolecular Hbond substituents is 3. The number of nitrogens with one attached hydrogen (secondary N) is 1. The Bertz CT molecular complexity index is 602. The first-order valence-electron chi connectivity index (χ1n) is 7.57. The predicted molar refractivity (Wildman–Crippen MR) is 97.7 cm³/mol. The summed E-state index contributed by atoms with van der Waals surface area (Å²) in [6.45, 7) is 2.97. The van der Waals surface area contributed by atoms with Crippen molar-refractivity contribution in [3.8, 4) is 17.2 Å². The lowest BCUT2D eigenvalue weighted by molar-refractivity contribution is 0.403. The lowest BCUT2D eigenvalue weighted by Gasteiger charge is -2.14. The van der Waals surface area contributed by atoms with Gasteiger partial charge in [0.2, 0.25) is 0 Å². The van der Waals surface area contributed by atoms with Crippen molar-refractivity contribution in [2.45, 2.75) is 32.2 Å². The third-order valence-electron chi connectivity index (χ3n) is 3.75. The molecule has 0 unspecified atom stereocenters. The topological polar surface area (TPSA) is 72.7 Å². The molecule has 0 bridgehead atoms. The predicted octanol–water partition coefficient (Wildman–Crippen LogP) is 3.53. The molecule has 2 aromatic rings. The first kappa shape index (κ1) is 19.3. The average Bonchev–Trinajstić information content (AvgIpc) is 2.50. The number of hydrogen-bond acceptors (Lipinski definition) is 4. The number of hydrogen-bond donors (Lipinski definition) is 4. The van der Waals surface area contributed by atoms with Crippen LogP contribution in [0.15, 0.2) is 42.5 Å². The summed E-state index contributed by atoms with van der Waals surface area (Å²) in [5, 5.41) is 31.4. The van der Waals surface area contributed by atoms with Crippen LogP contribution in [-0.4, -0.2) is 27.9 Å². The minimum Gasteiger partial charge on any atom is -0.508 e. The third-order valence-corrected chi connectivity index (χ3v) is 3.75. The fourth-order valence-electron chi connectivity index (χ4n) is 2.34. The van der Waals surface area contributed by atoms with Crippen LogP contribution in [0.25, 0.3) is 0 Å². The van der Waals surface area contributed by atoms with Crippen molar-refractivity contribution in [3.05, 3.63) is 53.6 Å². The molecule has 1 atom stereocenters. The monoisotopic (exact) mass is 381 g/mol. The molecule has 0 saturated carbocycles. The average molecular weight is 382 g/mol. The van der Waals surface area contributed by atoms with Crippen LogP contribution in [0.1, 0.15) is 24.5 Å². The number of aromatic hydroxyl groups is 3. The standard InChI is InChI=1S/C18H23NO3.BrH/c1-13(2-3-14-4-7-16(20)8-5-14)19-11-10-15-6-9-17(21)18(22)12-15;/h4-9,12-13,19-22H,2-3,10-11H2,1H3;1H/t13-;/m1./s1. The first-order chi connectivity index (χ1) is 10.5. The summed E-state index contributed by atoms with van der Waals surface area (Å²) in [7, 11) is 0. The van der Waals surface area contributed by atoms with E-state index in [1.807, 2.05) is 18.2 Å². The molecule has 0 radical (unpaired) electrons. The Morgan fingerprint density at radius 2 is 1.52 bits per heavy atom. The molecule has 4 nitrogen and oxygen atoms in total. The van der Waals surface area contributed by atoms with Crippen LogP contribution in [0.4, 0.5) is 0 Å². The van der Waals surface area contributed by atoms with E-state index in [1.165, 1.54) is 11.6 Å². The number of benzene rings is 2. The largest absolute Gasteiger partial charge is 0.508 e. The van der Waals surface area contributed by atoms with Gasteiger partial charge >= 0.3 is 0 Å². The van der Waals surface area contributed by atoms with Crippen LogP contribution in [0.5, 0.6) is 17.2 Å². The van der Waals surface area contributed by atoms with Gasteiger partial charge in [0.05, 0.1) is 0 Å². The van der Waals surface area contributed by atoms with Crippen molar-refractivity contribution in [3.63, 3.8) is 0 Å². The number of halogens is 1. The highest BCUT2D eigenvalue weighted by Crippen LogP contribution is 2.24. The van der Waals surface area contributed by atoms with Crippen LogP contribution < -0.4 is 5.32 Å². The molecular formula is C18H24BrNO3. The molecule has 23 heavy (non-hydrogen) atoms. The summed E-state index contributed by atoms with van der Waals surface area (Å²) in [5.41, 5.74) is 2.21. The summed E-state index contributed by atoms with van der Waals surface area (Å²) in [6.07, 6.45) is 2.79. The highest BCUT2D eigenvalue weighted by molar-refractivity contribution is 8.93. The van der Waals surface area contributed by atoms with Crippen LogP contribution >= 0.6 is 17.0 Å². The van der Waals surface area contributed by atoms with Gasteiger partial charge in [0.25, 0.3) is 0 Å². The van der Waals surface area contributed by atoms with Crippen molar-refractivity contribution in [2.24, 2.45) is 0 Å². The highest BCUT2D eigenvalue weighted by atomic mass is 79.9. The Labute approximate surface area is 147 Å². The molecule has 0 spiro atoms. The van der Waals surface area contributed by atoms with E-state index in [2.05, 4.69) is 12.2 Å². The molecule has 2 aromatic carbocycles. The number of phenols is 3. The van der Waals surface area contributed by atoms with E-state index in [1.54, 1.807) is 18.2 Å². The lowest BCUT2D eigenvalue weighted by atomic mass is 10.1. The molecule has 0 fully saturated rings. The van der Waals surface area contributed by atoms with Gasteiger partial charge < -0.3 is 20.6 Å². The van der Waals surface area contributed by atoms with Gasteiger partial charge in [0.15, 0.2) is 11.5 Å². The summed E-state index contributed by atoms with van der Waals surface area (Å²) in [5.74, 6) is 0.143. The summed E-state index contributed by atoms with van der Waals surface area (Å²) >= 11 is 0. The summed E-state index contributed by atoms with van der Waals surface area (Å²) in [6, 6.07) is 12.6. The SMILES string of the molecule is Br.C[C@H](CCc1ccc(O)cc1)NCCc1ccc(O)c(O)c1. The molecule has 0 saturated heterocycles. The summed E-state index contributed by atoms with van der Waals surface area (Å²) in [4.78, 5) is 0. The van der Waals surface area contributed by atoms with Gasteiger partial charge in [-0.05, 0) is 68.1 Å². The maximum Gasteiger partial charge on any atom is 0.157 e. The molecule has 0 aliphatic heterocycles. The molecular weight excluding hydrogens is 358 g/mol. The molecule has 5 heteroatoms. The van der Waals surface area contributed by atoms with E-state index >= 15 is 0 Å². The minimum atomic E-state index is -0.0843. The van der Waals surface area contributed by atoms with Gasteiger partial charge in [0.1, 0.15) is 5.75 Å². The van der Waals surface area contributed by atoms with Crippen LogP contribution in [-0.2, 0) is 12.8 Å². The van der Waals surface area contributed by atoms with E-state index in [-0.39, 0.29) is 28.5 Å². The quantitative estimate of drug-likeness (QED) is 0.553. The second-order valence-electron chi connectivity index (χ2n) is 5.63. The second kappa shape index (κ2) is 9.43. The molecule has 0 aliphatic rings. The highest BCUT2D eigenvalue weighted by Gasteiger charge is 2.04. The van der Waals surface area contributed by atoms with Gasteiger partial charge in [0, 0.05) is 6.04 Å². The zero-order valence-electron chi connectivity index (χ0n) is 13.2. The van der Waals surface area contributed by atoms with Crippen LogP contribution in [0, 0.1) is 0 Å². The second-order valence-corrected chi connectivity index (χ2v) is 5.63. The minimum absolute atomic E-state index is 0. The Balaban J connectivity index is 0.00000264. The van der Waals surface area contributed by atoms with Crippen LogP contribution in [0.2, 0.25) is 0 Å². The van der Waals surface area contributed by atoms with E-state index in [4.69, 9.17) is 0 Å². The lowest BCUT2D eigenvalue weighted by Crippen LogP contribution is -2.28. The van der Waals surface area contributed by atoms with Crippen LogP contribution in [0.3, 0.4) is 0 Å². The van der Waals surface area contributed by atoms with Gasteiger partial charge in [-0.25, -0.2) is 0 Å². The van der Waals surface area contributed by atoms with Crippen molar-refractivity contribution in [1.29, 1.82) is 0 Å². The molecule has 0 aromatic heterocycles. The molecule has 126 valence electrons. The zero-order valence-corrected chi connectivity index (χ0v) is 14.9. The Kier molecular flexibility index (Phi) is 7.92. The van der Waals surface area contributed by atoms with E-state index in [0.717, 1.165) is 31.4 Å².